The number of amides is 3. The van der Waals surface area contributed by atoms with Crippen molar-refractivity contribution in [1.82, 2.24) is 15.3 Å². The number of nitrogens with one attached hydrogen (secondary N) is 1. The zero-order valence-electron chi connectivity index (χ0n) is 12.9. The van der Waals surface area contributed by atoms with Crippen LogP contribution in [0.15, 0.2) is 0 Å². The molecule has 0 radical (unpaired) electrons. The van der Waals surface area contributed by atoms with Crippen LogP contribution in [0.4, 0.5) is 4.79 Å². The number of ether oxygens (including phenoxy) is 1. The molecule has 3 fully saturated rings. The minimum absolute atomic E-state index is 0.0300. The third-order valence-electron chi connectivity index (χ3n) is 4.60. The van der Waals surface area contributed by atoms with Gasteiger partial charge in [-0.3, -0.25) is 14.2 Å². The summed E-state index contributed by atoms with van der Waals surface area (Å²) >= 11 is 0. The maximum atomic E-state index is 12.5. The molecule has 0 saturated carbocycles. The summed E-state index contributed by atoms with van der Waals surface area (Å²) in [6, 6.07) is -1.48. The smallest absolute Gasteiger partial charge is 0.365 e. The molecule has 3 aliphatic heterocycles. The highest BCUT2D eigenvalue weighted by Gasteiger charge is 2.59. The van der Waals surface area contributed by atoms with Crippen molar-refractivity contribution in [2.24, 2.45) is 5.73 Å². The first-order valence-electron chi connectivity index (χ1n) is 7.69. The van der Waals surface area contributed by atoms with Crippen LogP contribution < -0.4 is 11.1 Å². The Bertz CT molecular complexity index is 635. The average Bonchev–Trinajstić information content (AvgIpc) is 2.76. The summed E-state index contributed by atoms with van der Waals surface area (Å²) in [6.07, 6.45) is 1.50. The van der Waals surface area contributed by atoms with Crippen molar-refractivity contribution >= 4 is 22.3 Å². The predicted octanol–water partition coefficient (Wildman–Crippen LogP) is -1.43. The van der Waals surface area contributed by atoms with Gasteiger partial charge in [-0.15, -0.1) is 4.28 Å². The number of nitrogens with two attached hydrogens (primary N) is 1. The summed E-state index contributed by atoms with van der Waals surface area (Å²) in [5.41, 5.74) is 3.91. The molecule has 24 heavy (non-hydrogen) atoms. The molecule has 136 valence electrons. The highest BCUT2D eigenvalue weighted by atomic mass is 32.3. The second-order valence-electron chi connectivity index (χ2n) is 6.13. The van der Waals surface area contributed by atoms with E-state index in [1.807, 2.05) is 0 Å². The number of nitrogens with zero attached hydrogens (tertiary/aromatic N) is 2. The third-order valence-corrected chi connectivity index (χ3v) is 4.95. The van der Waals surface area contributed by atoms with Gasteiger partial charge < -0.3 is 15.8 Å². The highest BCUT2D eigenvalue weighted by molar-refractivity contribution is 7.80. The Morgan fingerprint density at radius 3 is 2.58 bits per heavy atom. The zero-order valence-corrected chi connectivity index (χ0v) is 13.7. The molecule has 0 spiro atoms. The second-order valence-corrected chi connectivity index (χ2v) is 7.13. The summed E-state index contributed by atoms with van der Waals surface area (Å²) < 4.78 is 41.0. The molecule has 0 aliphatic carbocycles. The highest BCUT2D eigenvalue weighted by Crippen LogP contribution is 2.39. The maximum absolute atomic E-state index is 12.5. The molecule has 3 amide bonds. The molecule has 0 aromatic heterocycles. The molecule has 4 N–H and O–H groups in total. The summed E-state index contributed by atoms with van der Waals surface area (Å²) in [4.78, 5) is 25.7. The Hall–Kier alpha value is -1.47. The van der Waals surface area contributed by atoms with Gasteiger partial charge in [-0.25, -0.2) is 4.79 Å². The molecule has 0 aromatic carbocycles. The average molecular weight is 364 g/mol. The van der Waals surface area contributed by atoms with Crippen LogP contribution in [-0.2, 0) is 24.2 Å². The normalized spacial score (nSPS) is 31.5. The van der Waals surface area contributed by atoms with Crippen LogP contribution in [0.5, 0.6) is 0 Å². The summed E-state index contributed by atoms with van der Waals surface area (Å²) in [6.45, 7) is 1.49. The molecule has 0 aromatic rings. The van der Waals surface area contributed by atoms with E-state index >= 15 is 0 Å². The first-order valence-corrected chi connectivity index (χ1v) is 9.06. The van der Waals surface area contributed by atoms with Gasteiger partial charge in [0.05, 0.1) is 12.1 Å². The Morgan fingerprint density at radius 1 is 1.33 bits per heavy atom. The topological polar surface area (TPSA) is 151 Å². The monoisotopic (exact) mass is 364 g/mol. The lowest BCUT2D eigenvalue weighted by atomic mass is 9.95. The van der Waals surface area contributed by atoms with Gasteiger partial charge in [-0.05, 0) is 32.4 Å². The van der Waals surface area contributed by atoms with Crippen LogP contribution in [0.1, 0.15) is 25.7 Å². The van der Waals surface area contributed by atoms with E-state index < -0.39 is 34.1 Å². The fraction of sp³-hybridized carbons (Fsp3) is 0.833. The molecule has 12 heteroatoms. The van der Waals surface area contributed by atoms with Crippen molar-refractivity contribution < 1.29 is 31.6 Å². The minimum atomic E-state index is -4.85. The maximum Gasteiger partial charge on any atom is 0.418 e. The van der Waals surface area contributed by atoms with Crippen LogP contribution in [0.25, 0.3) is 0 Å². The van der Waals surface area contributed by atoms with E-state index in [4.69, 9.17) is 15.0 Å². The molecule has 11 nitrogen and oxygen atoms in total. The van der Waals surface area contributed by atoms with Gasteiger partial charge in [0.2, 0.25) is 5.72 Å². The van der Waals surface area contributed by atoms with Gasteiger partial charge in [-0.1, -0.05) is 0 Å². The molecular weight excluding hydrogens is 344 g/mol. The van der Waals surface area contributed by atoms with Crippen molar-refractivity contribution in [2.45, 2.75) is 43.6 Å². The number of carbonyl (C=O) groups is 2. The summed E-state index contributed by atoms with van der Waals surface area (Å²) in [5.74, 6) is -0.804. The van der Waals surface area contributed by atoms with Crippen LogP contribution in [-0.4, -0.2) is 72.4 Å². The summed E-state index contributed by atoms with van der Waals surface area (Å²) in [7, 11) is -4.85. The zero-order chi connectivity index (χ0) is 17.5. The van der Waals surface area contributed by atoms with Crippen LogP contribution in [0, 0.1) is 0 Å². The summed E-state index contributed by atoms with van der Waals surface area (Å²) in [5, 5.41) is 3.73. The van der Waals surface area contributed by atoms with Gasteiger partial charge in [0.1, 0.15) is 0 Å². The van der Waals surface area contributed by atoms with Gasteiger partial charge in [0, 0.05) is 13.0 Å². The van der Waals surface area contributed by atoms with Gasteiger partial charge >= 0.3 is 16.4 Å². The van der Waals surface area contributed by atoms with Gasteiger partial charge in [-0.2, -0.15) is 13.5 Å². The number of hydroxylamine groups is 2. The first-order chi connectivity index (χ1) is 11.2. The van der Waals surface area contributed by atoms with E-state index in [1.165, 1.54) is 0 Å². The Morgan fingerprint density at radius 2 is 2.00 bits per heavy atom. The van der Waals surface area contributed by atoms with Gasteiger partial charge in [0.25, 0.3) is 5.91 Å². The van der Waals surface area contributed by atoms with E-state index in [0.717, 1.165) is 18.0 Å². The number of rotatable bonds is 5. The molecular formula is C12H20N4O7S. The van der Waals surface area contributed by atoms with Gasteiger partial charge in [0.15, 0.2) is 0 Å². The number of primary amides is 1. The molecule has 2 atom stereocenters. The predicted molar refractivity (Wildman–Crippen MR) is 78.5 cm³/mol. The molecule has 3 heterocycles. The standard InChI is InChI=1S/C12H20N4O7S/c13-10(17)12(22-9-2-5-14-6-3-9)4-1-8-7-15(12)11(18)16(8)23-24(19,20)21/h8-9,14H,1-7H2,(H2,13,17)(H,19,20,21)/t8-,12+/m1/s1. The number of fused-ring (bicyclic) bond motifs is 2. The first kappa shape index (κ1) is 17.4. The van der Waals surface area contributed by atoms with E-state index in [-0.39, 0.29) is 25.5 Å². The quantitative estimate of drug-likeness (QED) is 0.502. The Balaban J connectivity index is 1.84. The van der Waals surface area contributed by atoms with Crippen molar-refractivity contribution in [2.75, 3.05) is 19.6 Å². The Kier molecular flexibility index (Phi) is 4.42. The SMILES string of the molecule is NC(=O)[C@@]1(OC2CCNCC2)CC[C@@H]2CN1C(=O)N2OS(=O)(=O)O. The molecule has 2 bridgehead atoms. The second kappa shape index (κ2) is 6.11. The number of urea groups is 1. The van der Waals surface area contributed by atoms with E-state index in [2.05, 4.69) is 9.60 Å². The molecule has 3 saturated heterocycles. The largest absolute Gasteiger partial charge is 0.418 e. The molecule has 0 unspecified atom stereocenters. The lowest BCUT2D eigenvalue weighted by Gasteiger charge is -2.43. The van der Waals surface area contributed by atoms with Crippen LogP contribution in [0.2, 0.25) is 0 Å². The van der Waals surface area contributed by atoms with Crippen molar-refractivity contribution in [3.63, 3.8) is 0 Å². The lowest BCUT2D eigenvalue weighted by molar-refractivity contribution is -0.192. The van der Waals surface area contributed by atoms with Crippen molar-refractivity contribution in [3.05, 3.63) is 0 Å². The third kappa shape index (κ3) is 3.07. The van der Waals surface area contributed by atoms with E-state index in [9.17, 15) is 18.0 Å². The molecule has 3 aliphatic rings. The van der Waals surface area contributed by atoms with Crippen molar-refractivity contribution in [3.8, 4) is 0 Å². The minimum Gasteiger partial charge on any atom is -0.365 e. The number of carbonyl (C=O) groups excluding carboxylic acids is 2. The lowest BCUT2D eigenvalue weighted by Crippen LogP contribution is -2.63. The number of hydrogen-bond donors (Lipinski definition) is 3. The molecule has 3 rings (SSSR count). The van der Waals surface area contributed by atoms with Crippen LogP contribution >= 0.6 is 0 Å². The van der Waals surface area contributed by atoms with E-state index in [1.54, 1.807) is 0 Å². The number of piperidine rings is 2. The fourth-order valence-electron chi connectivity index (χ4n) is 3.47. The van der Waals surface area contributed by atoms with Crippen molar-refractivity contribution in [1.29, 1.82) is 0 Å². The van der Waals surface area contributed by atoms with E-state index in [0.29, 0.717) is 17.9 Å². The number of hydrogen-bond acceptors (Lipinski definition) is 7. The Labute approximate surface area is 138 Å². The fourth-order valence-corrected chi connectivity index (χ4v) is 3.85. The van der Waals surface area contributed by atoms with Crippen LogP contribution in [0.3, 0.4) is 0 Å².